The zero-order valence-corrected chi connectivity index (χ0v) is 8.05. The van der Waals surface area contributed by atoms with Gasteiger partial charge in [0.2, 0.25) is 0 Å². The number of carbonyl (C=O) groups excluding carboxylic acids is 1. The lowest BCUT2D eigenvalue weighted by molar-refractivity contribution is 0.335. The predicted molar refractivity (Wildman–Crippen MR) is 50.6 cm³/mol. The number of hydrogen-bond acceptors (Lipinski definition) is 3. The molecule has 0 aromatic carbocycles. The highest BCUT2D eigenvalue weighted by molar-refractivity contribution is 5.45. The van der Waals surface area contributed by atoms with Crippen LogP contribution in [0.15, 0.2) is 6.08 Å². The first kappa shape index (κ1) is 11.4. The molecule has 70 valence electrons. The molecule has 1 atom stereocenters. The van der Waals surface area contributed by atoms with Crippen molar-refractivity contribution < 1.29 is 4.79 Å². The smallest absolute Gasteiger partial charge is 0.121 e. The maximum Gasteiger partial charge on any atom is 0.121 e. The van der Waals surface area contributed by atoms with Crippen LogP contribution in [0.2, 0.25) is 0 Å². The van der Waals surface area contributed by atoms with E-state index in [1.165, 1.54) is 6.08 Å². The van der Waals surface area contributed by atoms with Crippen LogP contribution in [0, 0.1) is 5.92 Å². The molecule has 3 nitrogen and oxygen atoms in total. The van der Waals surface area contributed by atoms with Crippen molar-refractivity contribution in [2.24, 2.45) is 11.7 Å². The second-order valence-corrected chi connectivity index (χ2v) is 3.70. The van der Waals surface area contributed by atoms with Gasteiger partial charge in [-0.05, 0) is 26.3 Å². The predicted octanol–water partition coefficient (Wildman–Crippen LogP) is 0.337. The highest BCUT2D eigenvalue weighted by Crippen LogP contribution is 2.10. The molecule has 1 unspecified atom stereocenters. The summed E-state index contributed by atoms with van der Waals surface area (Å²) in [5.74, 6) is 2.10. The van der Waals surface area contributed by atoms with Gasteiger partial charge in [-0.1, -0.05) is 6.92 Å². The van der Waals surface area contributed by atoms with Crippen molar-refractivity contribution in [1.29, 1.82) is 0 Å². The van der Waals surface area contributed by atoms with Crippen LogP contribution in [0.3, 0.4) is 0 Å². The van der Waals surface area contributed by atoms with Gasteiger partial charge in [0.25, 0.3) is 0 Å². The Morgan fingerprint density at radius 1 is 1.67 bits per heavy atom. The summed E-state index contributed by atoms with van der Waals surface area (Å²) < 4.78 is 0. The minimum atomic E-state index is -0.169. The number of nitrogens with two attached hydrogens (primary N) is 1. The molecular formula is C9H18N2O. The van der Waals surface area contributed by atoms with Crippen molar-refractivity contribution in [2.75, 3.05) is 13.1 Å². The molecule has 0 aliphatic carbocycles. The molecule has 0 radical (unpaired) electrons. The van der Waals surface area contributed by atoms with E-state index in [0.717, 1.165) is 6.54 Å². The summed E-state index contributed by atoms with van der Waals surface area (Å²) in [6.45, 7) is 7.47. The number of rotatable bonds is 5. The Morgan fingerprint density at radius 2 is 2.25 bits per heavy atom. The zero-order chi connectivity index (χ0) is 9.61. The molecule has 0 aliphatic heterocycles. The van der Waals surface area contributed by atoms with Crippen molar-refractivity contribution in [2.45, 2.75) is 26.3 Å². The molecule has 0 aliphatic rings. The SMILES string of the molecule is CC(CNCC=C=O)C(C)(C)N. The maximum atomic E-state index is 9.80. The van der Waals surface area contributed by atoms with Crippen LogP contribution >= 0.6 is 0 Å². The molecule has 0 aromatic heterocycles. The molecule has 0 spiro atoms. The van der Waals surface area contributed by atoms with E-state index in [9.17, 15) is 4.79 Å². The summed E-state index contributed by atoms with van der Waals surface area (Å²) in [5.41, 5.74) is 5.70. The summed E-state index contributed by atoms with van der Waals surface area (Å²) >= 11 is 0. The molecule has 3 heteroatoms. The first-order chi connectivity index (χ1) is 5.48. The third-order valence-electron chi connectivity index (χ3n) is 2.05. The van der Waals surface area contributed by atoms with E-state index in [4.69, 9.17) is 5.73 Å². The van der Waals surface area contributed by atoms with Gasteiger partial charge in [-0.25, -0.2) is 4.79 Å². The topological polar surface area (TPSA) is 55.1 Å². The van der Waals surface area contributed by atoms with Crippen molar-refractivity contribution in [1.82, 2.24) is 5.32 Å². The molecule has 0 saturated carbocycles. The Kier molecular flexibility index (Phi) is 4.83. The van der Waals surface area contributed by atoms with E-state index < -0.39 is 0 Å². The fraction of sp³-hybridized carbons (Fsp3) is 0.778. The molecule has 0 rings (SSSR count). The lowest BCUT2D eigenvalue weighted by Crippen LogP contribution is -2.44. The van der Waals surface area contributed by atoms with Crippen LogP contribution in [-0.4, -0.2) is 24.6 Å². The van der Waals surface area contributed by atoms with Crippen molar-refractivity contribution in [3.8, 4) is 0 Å². The lowest BCUT2D eigenvalue weighted by Gasteiger charge is -2.27. The molecule has 3 N–H and O–H groups in total. The van der Waals surface area contributed by atoms with Crippen LogP contribution < -0.4 is 11.1 Å². The van der Waals surface area contributed by atoms with Crippen LogP contribution in [-0.2, 0) is 4.79 Å². The summed E-state index contributed by atoms with van der Waals surface area (Å²) in [5, 5.41) is 3.09. The van der Waals surface area contributed by atoms with E-state index in [0.29, 0.717) is 12.5 Å². The molecular weight excluding hydrogens is 152 g/mol. The minimum absolute atomic E-state index is 0.169. The van der Waals surface area contributed by atoms with E-state index in [1.54, 1.807) is 5.94 Å². The molecule has 0 aromatic rings. The molecule has 0 heterocycles. The fourth-order valence-corrected chi connectivity index (χ4v) is 0.677. The number of hydrogen-bond donors (Lipinski definition) is 2. The third kappa shape index (κ3) is 5.08. The van der Waals surface area contributed by atoms with E-state index in [-0.39, 0.29) is 5.54 Å². The Balaban J connectivity index is 3.57. The van der Waals surface area contributed by atoms with Crippen LogP contribution in [0.5, 0.6) is 0 Å². The van der Waals surface area contributed by atoms with E-state index in [1.807, 2.05) is 13.8 Å². The summed E-state index contributed by atoms with van der Waals surface area (Å²) in [4.78, 5) is 9.80. The summed E-state index contributed by atoms with van der Waals surface area (Å²) in [7, 11) is 0. The normalized spacial score (nSPS) is 13.7. The number of nitrogens with one attached hydrogen (secondary N) is 1. The zero-order valence-electron chi connectivity index (χ0n) is 8.05. The van der Waals surface area contributed by atoms with Gasteiger partial charge < -0.3 is 11.1 Å². The maximum absolute atomic E-state index is 9.80. The molecule has 12 heavy (non-hydrogen) atoms. The molecule has 0 saturated heterocycles. The molecule has 0 bridgehead atoms. The van der Waals surface area contributed by atoms with Gasteiger partial charge in [0, 0.05) is 18.2 Å². The first-order valence-corrected chi connectivity index (χ1v) is 4.17. The van der Waals surface area contributed by atoms with Gasteiger partial charge in [0.15, 0.2) is 0 Å². The molecule has 0 fully saturated rings. The summed E-state index contributed by atoms with van der Waals surface area (Å²) in [6, 6.07) is 0. The van der Waals surface area contributed by atoms with Gasteiger partial charge in [0.05, 0.1) is 0 Å². The monoisotopic (exact) mass is 170 g/mol. The average molecular weight is 170 g/mol. The second kappa shape index (κ2) is 5.09. The summed E-state index contributed by atoms with van der Waals surface area (Å²) in [6.07, 6.45) is 1.43. The van der Waals surface area contributed by atoms with Gasteiger partial charge in [-0.15, -0.1) is 0 Å². The van der Waals surface area contributed by atoms with Crippen molar-refractivity contribution in [3.05, 3.63) is 6.08 Å². The quantitative estimate of drug-likeness (QED) is 0.462. The van der Waals surface area contributed by atoms with Gasteiger partial charge in [-0.2, -0.15) is 0 Å². The van der Waals surface area contributed by atoms with Crippen LogP contribution in [0.1, 0.15) is 20.8 Å². The average Bonchev–Trinajstić information content (AvgIpc) is 1.96. The highest BCUT2D eigenvalue weighted by atomic mass is 16.1. The Bertz CT molecular complexity index is 166. The van der Waals surface area contributed by atoms with Gasteiger partial charge in [0.1, 0.15) is 5.94 Å². The third-order valence-corrected chi connectivity index (χ3v) is 2.05. The lowest BCUT2D eigenvalue weighted by atomic mass is 9.90. The standard InChI is InChI=1S/C9H18N2O/c1-8(9(2,3)10)7-11-5-4-6-12/h4,8,11H,5,7,10H2,1-3H3. The van der Waals surface area contributed by atoms with Crippen molar-refractivity contribution in [3.63, 3.8) is 0 Å². The molecule has 0 amide bonds. The van der Waals surface area contributed by atoms with Gasteiger partial charge >= 0.3 is 0 Å². The minimum Gasteiger partial charge on any atom is -0.325 e. The Hall–Kier alpha value is -0.630. The second-order valence-electron chi connectivity index (χ2n) is 3.70. The Labute approximate surface area is 74.0 Å². The van der Waals surface area contributed by atoms with E-state index in [2.05, 4.69) is 12.2 Å². The highest BCUT2D eigenvalue weighted by Gasteiger charge is 2.19. The van der Waals surface area contributed by atoms with E-state index >= 15 is 0 Å². The first-order valence-electron chi connectivity index (χ1n) is 4.17. The van der Waals surface area contributed by atoms with Crippen molar-refractivity contribution >= 4 is 5.94 Å². The van der Waals surface area contributed by atoms with Gasteiger partial charge in [-0.3, -0.25) is 0 Å². The van der Waals surface area contributed by atoms with Crippen LogP contribution in [0.25, 0.3) is 0 Å². The fourth-order valence-electron chi connectivity index (χ4n) is 0.677. The van der Waals surface area contributed by atoms with Crippen LogP contribution in [0.4, 0.5) is 0 Å². The Morgan fingerprint density at radius 3 is 2.67 bits per heavy atom. The largest absolute Gasteiger partial charge is 0.325 e.